The molecule has 2 fully saturated rings. The van der Waals surface area contributed by atoms with Gasteiger partial charge in [-0.3, -0.25) is 9.89 Å². The van der Waals surface area contributed by atoms with Crippen LogP contribution in [0, 0.1) is 0 Å². The van der Waals surface area contributed by atoms with Crippen LogP contribution < -0.4 is 10.6 Å². The van der Waals surface area contributed by atoms with E-state index in [1.807, 2.05) is 6.07 Å². The van der Waals surface area contributed by atoms with E-state index in [2.05, 4.69) is 43.3 Å². The number of hydrogen-bond donors (Lipinski definition) is 2. The molecule has 9 nitrogen and oxygen atoms in total. The second kappa shape index (κ2) is 13.9. The van der Waals surface area contributed by atoms with Crippen molar-refractivity contribution in [2.45, 2.75) is 64.1 Å². The molecule has 2 saturated heterocycles. The number of rotatable bonds is 10. The van der Waals surface area contributed by atoms with Crippen LogP contribution in [0.5, 0.6) is 0 Å². The smallest absolute Gasteiger partial charge is 0.191 e. The zero-order chi connectivity index (χ0) is 22.0. The molecule has 2 aliphatic rings. The number of hydrogen-bond acceptors (Lipinski definition) is 6. The first-order valence-corrected chi connectivity index (χ1v) is 12.1. The minimum Gasteiger partial charge on any atom is -0.468 e. The van der Waals surface area contributed by atoms with Gasteiger partial charge in [0.25, 0.3) is 0 Å². The van der Waals surface area contributed by atoms with Gasteiger partial charge in [0.1, 0.15) is 17.9 Å². The molecular weight excluding hydrogens is 533 g/mol. The Balaban J connectivity index is 0.00000306. The third-order valence-corrected chi connectivity index (χ3v) is 6.30. The molecule has 0 amide bonds. The fraction of sp³-hybridized carbons (Fsp3) is 0.696. The van der Waals surface area contributed by atoms with Gasteiger partial charge in [0.2, 0.25) is 0 Å². The number of guanidine groups is 1. The Morgan fingerprint density at radius 2 is 2.12 bits per heavy atom. The summed E-state index contributed by atoms with van der Waals surface area (Å²) < 4.78 is 13.7. The Labute approximate surface area is 213 Å². The quantitative estimate of drug-likeness (QED) is 0.258. The van der Waals surface area contributed by atoms with Crippen molar-refractivity contribution < 1.29 is 9.15 Å². The molecule has 10 heteroatoms. The molecule has 0 radical (unpaired) electrons. The summed E-state index contributed by atoms with van der Waals surface area (Å²) in [4.78, 5) is 7.48. The SMILES string of the molecule is CCc1nncn1CCNC(=NCC(c1ccco1)N1CCCCC1)NCC1CCCO1.I. The Hall–Kier alpha value is -1.66. The van der Waals surface area contributed by atoms with E-state index in [1.54, 1.807) is 12.6 Å². The average Bonchev–Trinajstić information content (AvgIpc) is 3.61. The van der Waals surface area contributed by atoms with Crippen LogP contribution >= 0.6 is 24.0 Å². The van der Waals surface area contributed by atoms with Crippen molar-refractivity contribution in [2.24, 2.45) is 4.99 Å². The van der Waals surface area contributed by atoms with E-state index < -0.39 is 0 Å². The molecule has 2 unspecified atom stereocenters. The minimum atomic E-state index is 0. The molecule has 0 saturated carbocycles. The van der Waals surface area contributed by atoms with Gasteiger partial charge in [0, 0.05) is 32.7 Å². The van der Waals surface area contributed by atoms with Gasteiger partial charge in [-0.2, -0.15) is 0 Å². The van der Waals surface area contributed by atoms with Crippen molar-refractivity contribution in [3.8, 4) is 0 Å². The predicted molar refractivity (Wildman–Crippen MR) is 139 cm³/mol. The maximum atomic E-state index is 5.79. The highest BCUT2D eigenvalue weighted by molar-refractivity contribution is 14.0. The van der Waals surface area contributed by atoms with Crippen LogP contribution in [0.3, 0.4) is 0 Å². The van der Waals surface area contributed by atoms with E-state index >= 15 is 0 Å². The molecule has 2 aromatic rings. The highest BCUT2D eigenvalue weighted by Gasteiger charge is 2.24. The lowest BCUT2D eigenvalue weighted by Crippen LogP contribution is -2.43. The van der Waals surface area contributed by atoms with E-state index in [0.717, 1.165) is 76.1 Å². The van der Waals surface area contributed by atoms with Crippen LogP contribution in [0.1, 0.15) is 56.7 Å². The van der Waals surface area contributed by atoms with Crippen LogP contribution in [-0.4, -0.2) is 71.1 Å². The molecule has 4 rings (SSSR count). The lowest BCUT2D eigenvalue weighted by atomic mass is 10.1. The number of aryl methyl sites for hydroxylation is 1. The summed E-state index contributed by atoms with van der Waals surface area (Å²) in [6, 6.07) is 4.20. The maximum absolute atomic E-state index is 5.79. The van der Waals surface area contributed by atoms with Gasteiger partial charge in [-0.15, -0.1) is 34.2 Å². The van der Waals surface area contributed by atoms with Crippen molar-refractivity contribution in [1.82, 2.24) is 30.3 Å². The van der Waals surface area contributed by atoms with Crippen molar-refractivity contribution in [2.75, 3.05) is 39.3 Å². The summed E-state index contributed by atoms with van der Waals surface area (Å²) in [5.41, 5.74) is 0. The molecule has 0 aliphatic carbocycles. The van der Waals surface area contributed by atoms with Crippen molar-refractivity contribution >= 4 is 29.9 Å². The number of furan rings is 1. The molecule has 0 spiro atoms. The van der Waals surface area contributed by atoms with E-state index in [1.165, 1.54) is 19.3 Å². The number of nitrogens with one attached hydrogen (secondary N) is 2. The van der Waals surface area contributed by atoms with Crippen molar-refractivity contribution in [3.05, 3.63) is 36.3 Å². The first-order chi connectivity index (χ1) is 15.8. The Kier molecular flexibility index (Phi) is 10.9. The second-order valence-electron chi connectivity index (χ2n) is 8.55. The van der Waals surface area contributed by atoms with Crippen molar-refractivity contribution in [3.63, 3.8) is 0 Å². The number of ether oxygens (including phenoxy) is 1. The molecule has 33 heavy (non-hydrogen) atoms. The number of piperidine rings is 1. The number of aromatic nitrogens is 3. The van der Waals surface area contributed by atoms with Gasteiger partial charge in [-0.1, -0.05) is 13.3 Å². The summed E-state index contributed by atoms with van der Waals surface area (Å²) in [5.74, 6) is 2.81. The van der Waals surface area contributed by atoms with E-state index in [0.29, 0.717) is 6.54 Å². The zero-order valence-electron chi connectivity index (χ0n) is 19.6. The molecule has 2 aromatic heterocycles. The Bertz CT molecular complexity index is 815. The van der Waals surface area contributed by atoms with Crippen molar-refractivity contribution in [1.29, 1.82) is 0 Å². The summed E-state index contributed by atoms with van der Waals surface area (Å²) in [6.45, 7) is 8.12. The van der Waals surface area contributed by atoms with Gasteiger partial charge in [0.15, 0.2) is 5.96 Å². The van der Waals surface area contributed by atoms with Crippen LogP contribution in [0.4, 0.5) is 0 Å². The van der Waals surface area contributed by atoms with Gasteiger partial charge in [0.05, 0.1) is 25.0 Å². The summed E-state index contributed by atoms with van der Waals surface area (Å²) in [5, 5.41) is 15.2. The van der Waals surface area contributed by atoms with E-state index in [-0.39, 0.29) is 36.1 Å². The maximum Gasteiger partial charge on any atom is 0.191 e. The highest BCUT2D eigenvalue weighted by atomic mass is 127. The lowest BCUT2D eigenvalue weighted by Gasteiger charge is -2.32. The number of aliphatic imine (C=N–C) groups is 1. The molecule has 0 bridgehead atoms. The first-order valence-electron chi connectivity index (χ1n) is 12.1. The van der Waals surface area contributed by atoms with Crippen LogP contribution in [0.25, 0.3) is 0 Å². The van der Waals surface area contributed by atoms with Gasteiger partial charge < -0.3 is 24.4 Å². The third kappa shape index (κ3) is 7.68. The Morgan fingerprint density at radius 3 is 2.85 bits per heavy atom. The van der Waals surface area contributed by atoms with Crippen LogP contribution in [0.15, 0.2) is 34.1 Å². The second-order valence-corrected chi connectivity index (χ2v) is 8.55. The molecular formula is C23H38IN7O2. The standard InChI is InChI=1S/C23H37N7O2.HI/c1-2-22-28-27-18-30(22)13-10-24-23(25-16-19-8-6-14-31-19)26-17-20(21-9-7-15-32-21)29-11-4-3-5-12-29;/h7,9,15,18-20H,2-6,8,10-14,16-17H2,1H3,(H2,24,25,26);1H. The van der Waals surface area contributed by atoms with E-state index in [4.69, 9.17) is 14.1 Å². The summed E-state index contributed by atoms with van der Waals surface area (Å²) >= 11 is 0. The number of likely N-dealkylation sites (tertiary alicyclic amines) is 1. The van der Waals surface area contributed by atoms with Gasteiger partial charge in [-0.25, -0.2) is 0 Å². The van der Waals surface area contributed by atoms with Crippen LogP contribution in [-0.2, 0) is 17.7 Å². The van der Waals surface area contributed by atoms with E-state index in [9.17, 15) is 0 Å². The number of halogens is 1. The zero-order valence-corrected chi connectivity index (χ0v) is 21.9. The monoisotopic (exact) mass is 571 g/mol. The topological polar surface area (TPSA) is 92.7 Å². The third-order valence-electron chi connectivity index (χ3n) is 6.30. The fourth-order valence-electron chi connectivity index (χ4n) is 4.50. The van der Waals surface area contributed by atoms with Crippen LogP contribution in [0.2, 0.25) is 0 Å². The first kappa shape index (κ1) is 26.0. The lowest BCUT2D eigenvalue weighted by molar-refractivity contribution is 0.113. The molecule has 0 aromatic carbocycles. The molecule has 2 atom stereocenters. The van der Waals surface area contributed by atoms with Gasteiger partial charge >= 0.3 is 0 Å². The largest absolute Gasteiger partial charge is 0.468 e. The number of nitrogens with zero attached hydrogens (tertiary/aromatic N) is 5. The predicted octanol–water partition coefficient (Wildman–Crippen LogP) is 2.99. The molecule has 184 valence electrons. The Morgan fingerprint density at radius 1 is 1.24 bits per heavy atom. The molecule has 2 N–H and O–H groups in total. The normalized spacial score (nSPS) is 20.4. The molecule has 2 aliphatic heterocycles. The minimum absolute atomic E-state index is 0. The fourth-order valence-corrected chi connectivity index (χ4v) is 4.50. The van der Waals surface area contributed by atoms with Gasteiger partial charge in [-0.05, 0) is 50.9 Å². The highest BCUT2D eigenvalue weighted by Crippen LogP contribution is 2.25. The average molecular weight is 572 g/mol. The summed E-state index contributed by atoms with van der Waals surface area (Å²) in [7, 11) is 0. The summed E-state index contributed by atoms with van der Waals surface area (Å²) in [6.07, 6.45) is 10.7. The molecule has 4 heterocycles.